The van der Waals surface area contributed by atoms with Crippen molar-refractivity contribution in [2.45, 2.75) is 36.6 Å². The fraction of sp³-hybridized carbons (Fsp3) is 0.647. The Labute approximate surface area is 143 Å². The van der Waals surface area contributed by atoms with Gasteiger partial charge >= 0.3 is 0 Å². The first-order chi connectivity index (χ1) is 11.5. The van der Waals surface area contributed by atoms with E-state index >= 15 is 0 Å². The summed E-state index contributed by atoms with van der Waals surface area (Å²) in [6, 6.07) is 4.93. The summed E-state index contributed by atoms with van der Waals surface area (Å²) in [5.74, 6) is 0.332. The third-order valence-corrected chi connectivity index (χ3v) is 6.54. The Balaban J connectivity index is 1.48. The molecule has 5 nitrogen and oxygen atoms in total. The van der Waals surface area contributed by atoms with Crippen LogP contribution in [0.4, 0.5) is 4.39 Å². The van der Waals surface area contributed by atoms with Gasteiger partial charge in [-0.2, -0.15) is 0 Å². The van der Waals surface area contributed by atoms with E-state index in [0.717, 1.165) is 51.5 Å². The third-order valence-electron chi connectivity index (χ3n) is 5.01. The monoisotopic (exact) mass is 355 g/mol. The molecule has 7 heteroatoms. The largest absolute Gasteiger partial charge is 0.317 e. The van der Waals surface area contributed by atoms with E-state index in [9.17, 15) is 12.8 Å². The lowest BCUT2D eigenvalue weighted by Gasteiger charge is -2.35. The van der Waals surface area contributed by atoms with Gasteiger partial charge in [-0.05, 0) is 82.0 Å². The number of sulfonamides is 1. The maximum Gasteiger partial charge on any atom is 0.240 e. The lowest BCUT2D eigenvalue weighted by atomic mass is 9.96. The maximum absolute atomic E-state index is 12.9. The molecule has 0 aromatic heterocycles. The summed E-state index contributed by atoms with van der Waals surface area (Å²) in [7, 11) is -3.56. The van der Waals surface area contributed by atoms with Gasteiger partial charge in [-0.3, -0.25) is 0 Å². The zero-order valence-corrected chi connectivity index (χ0v) is 14.7. The Kier molecular flexibility index (Phi) is 5.86. The van der Waals surface area contributed by atoms with Gasteiger partial charge in [0.05, 0.1) is 4.90 Å². The van der Waals surface area contributed by atoms with Crippen molar-refractivity contribution < 1.29 is 12.8 Å². The van der Waals surface area contributed by atoms with Crippen molar-refractivity contribution in [3.05, 3.63) is 30.1 Å². The van der Waals surface area contributed by atoms with Crippen LogP contribution in [-0.4, -0.2) is 52.1 Å². The summed E-state index contributed by atoms with van der Waals surface area (Å²) >= 11 is 0. The van der Waals surface area contributed by atoms with Crippen molar-refractivity contribution in [3.63, 3.8) is 0 Å². The fourth-order valence-electron chi connectivity index (χ4n) is 3.56. The van der Waals surface area contributed by atoms with Crippen LogP contribution in [0.2, 0.25) is 0 Å². The zero-order valence-electron chi connectivity index (χ0n) is 13.9. The molecule has 2 aliphatic rings. The second-order valence-corrected chi connectivity index (χ2v) is 8.56. The number of nitrogens with zero attached hydrogens (tertiary/aromatic N) is 1. The maximum atomic E-state index is 12.9. The minimum atomic E-state index is -3.56. The third kappa shape index (κ3) is 4.75. The van der Waals surface area contributed by atoms with Crippen molar-refractivity contribution >= 4 is 10.0 Å². The molecule has 2 N–H and O–H groups in total. The van der Waals surface area contributed by atoms with E-state index in [2.05, 4.69) is 14.9 Å². The van der Waals surface area contributed by atoms with E-state index in [1.54, 1.807) is 0 Å². The molecule has 1 aromatic rings. The quantitative estimate of drug-likeness (QED) is 0.842. The molecule has 2 fully saturated rings. The predicted molar refractivity (Wildman–Crippen MR) is 91.8 cm³/mol. The molecule has 3 rings (SSSR count). The molecule has 1 aromatic carbocycles. The van der Waals surface area contributed by atoms with Crippen LogP contribution < -0.4 is 10.0 Å². The van der Waals surface area contributed by atoms with E-state index in [1.165, 1.54) is 37.1 Å². The fourth-order valence-corrected chi connectivity index (χ4v) is 4.87. The molecule has 2 heterocycles. The predicted octanol–water partition coefficient (Wildman–Crippen LogP) is 1.57. The van der Waals surface area contributed by atoms with Gasteiger partial charge in [0.2, 0.25) is 10.0 Å². The first-order valence-electron chi connectivity index (χ1n) is 8.74. The molecule has 2 saturated heterocycles. The van der Waals surface area contributed by atoms with Gasteiger partial charge in [-0.15, -0.1) is 0 Å². The van der Waals surface area contributed by atoms with Crippen LogP contribution in [0, 0.1) is 11.7 Å². The van der Waals surface area contributed by atoms with Crippen molar-refractivity contribution in [2.75, 3.05) is 32.7 Å². The van der Waals surface area contributed by atoms with Crippen LogP contribution in [0.25, 0.3) is 0 Å². The van der Waals surface area contributed by atoms with Crippen molar-refractivity contribution in [2.24, 2.45) is 5.92 Å². The van der Waals surface area contributed by atoms with Gasteiger partial charge < -0.3 is 10.2 Å². The molecule has 0 spiro atoms. The number of hydrogen-bond donors (Lipinski definition) is 2. The molecular weight excluding hydrogens is 329 g/mol. The van der Waals surface area contributed by atoms with Crippen LogP contribution in [-0.2, 0) is 10.0 Å². The molecule has 0 saturated carbocycles. The van der Waals surface area contributed by atoms with Gasteiger partial charge in [0.25, 0.3) is 0 Å². The summed E-state index contributed by atoms with van der Waals surface area (Å²) in [6.07, 6.45) is 4.12. The highest BCUT2D eigenvalue weighted by molar-refractivity contribution is 7.89. The number of benzene rings is 1. The first-order valence-corrected chi connectivity index (χ1v) is 10.2. The van der Waals surface area contributed by atoms with Gasteiger partial charge in [0.1, 0.15) is 5.82 Å². The highest BCUT2D eigenvalue weighted by Gasteiger charge is 2.26. The number of hydrogen-bond acceptors (Lipinski definition) is 4. The molecular formula is C17H26FN3O2S. The number of halogens is 1. The molecule has 2 aliphatic heterocycles. The minimum absolute atomic E-state index is 0.0377. The first kappa shape index (κ1) is 17.8. The van der Waals surface area contributed by atoms with Gasteiger partial charge in [0, 0.05) is 12.6 Å². The molecule has 0 bridgehead atoms. The van der Waals surface area contributed by atoms with Crippen LogP contribution >= 0.6 is 0 Å². The molecule has 134 valence electrons. The van der Waals surface area contributed by atoms with Crippen LogP contribution in [0.15, 0.2) is 29.2 Å². The lowest BCUT2D eigenvalue weighted by Crippen LogP contribution is -2.46. The SMILES string of the molecule is O=S(=O)(NC1CCN(CC2CCNCC2)CC1)c1ccc(F)cc1. The molecule has 0 atom stereocenters. The molecule has 0 aliphatic carbocycles. The number of nitrogens with one attached hydrogen (secondary N) is 2. The van der Waals surface area contributed by atoms with Crippen molar-refractivity contribution in [1.82, 2.24) is 14.9 Å². The van der Waals surface area contributed by atoms with Gasteiger partial charge in [0.15, 0.2) is 0 Å². The second-order valence-electron chi connectivity index (χ2n) is 6.84. The normalized spacial score (nSPS) is 21.9. The number of rotatable bonds is 5. The minimum Gasteiger partial charge on any atom is -0.317 e. The number of piperidine rings is 2. The zero-order chi connectivity index (χ0) is 17.0. The molecule has 0 unspecified atom stereocenters. The van der Waals surface area contributed by atoms with E-state index in [4.69, 9.17) is 0 Å². The average molecular weight is 355 g/mol. The van der Waals surface area contributed by atoms with Gasteiger partial charge in [-0.25, -0.2) is 17.5 Å². The van der Waals surface area contributed by atoms with E-state index in [-0.39, 0.29) is 10.9 Å². The van der Waals surface area contributed by atoms with Crippen LogP contribution in [0.5, 0.6) is 0 Å². The summed E-state index contributed by atoms with van der Waals surface area (Å²) in [5, 5.41) is 3.39. The Hall–Kier alpha value is -1.02. The summed E-state index contributed by atoms with van der Waals surface area (Å²) in [6.45, 7) is 5.21. The second kappa shape index (κ2) is 7.91. The van der Waals surface area contributed by atoms with Crippen LogP contribution in [0.1, 0.15) is 25.7 Å². The molecule has 0 radical (unpaired) electrons. The summed E-state index contributed by atoms with van der Waals surface area (Å²) < 4.78 is 40.4. The Morgan fingerprint density at radius 2 is 1.71 bits per heavy atom. The topological polar surface area (TPSA) is 61.4 Å². The van der Waals surface area contributed by atoms with Crippen LogP contribution in [0.3, 0.4) is 0 Å². The average Bonchev–Trinajstić information content (AvgIpc) is 2.58. The summed E-state index contributed by atoms with van der Waals surface area (Å²) in [5.41, 5.74) is 0. The lowest BCUT2D eigenvalue weighted by molar-refractivity contribution is 0.164. The van der Waals surface area contributed by atoms with Gasteiger partial charge in [-0.1, -0.05) is 0 Å². The highest BCUT2D eigenvalue weighted by atomic mass is 32.2. The van der Waals surface area contributed by atoms with Crippen molar-refractivity contribution in [3.8, 4) is 0 Å². The van der Waals surface area contributed by atoms with E-state index in [1.807, 2.05) is 0 Å². The summed E-state index contributed by atoms with van der Waals surface area (Å²) in [4.78, 5) is 2.58. The highest BCUT2D eigenvalue weighted by Crippen LogP contribution is 2.19. The Morgan fingerprint density at radius 1 is 1.08 bits per heavy atom. The smallest absolute Gasteiger partial charge is 0.240 e. The molecule has 0 amide bonds. The van der Waals surface area contributed by atoms with E-state index < -0.39 is 15.8 Å². The van der Waals surface area contributed by atoms with Crippen molar-refractivity contribution in [1.29, 1.82) is 0 Å². The standard InChI is InChI=1S/C17H26FN3O2S/c18-15-1-3-17(4-2-15)24(22,23)20-16-7-11-21(12-8-16)13-14-5-9-19-10-6-14/h1-4,14,16,19-20H,5-13H2. The number of likely N-dealkylation sites (tertiary alicyclic amines) is 1. The Morgan fingerprint density at radius 3 is 2.33 bits per heavy atom. The molecule has 24 heavy (non-hydrogen) atoms. The Bertz CT molecular complexity index is 622. The van der Waals surface area contributed by atoms with E-state index in [0.29, 0.717) is 0 Å².